The highest BCUT2D eigenvalue weighted by molar-refractivity contribution is 6.32. The smallest absolute Gasteiger partial charge is 0.226 e. The molecule has 2 aliphatic heterocycles. The van der Waals surface area contributed by atoms with Crippen LogP contribution in [-0.2, 0) is 0 Å². The van der Waals surface area contributed by atoms with E-state index in [-0.39, 0.29) is 23.7 Å². The van der Waals surface area contributed by atoms with Gasteiger partial charge in [-0.2, -0.15) is 20.2 Å². The van der Waals surface area contributed by atoms with Crippen LogP contribution in [0.2, 0.25) is 20.1 Å². The molecule has 0 radical (unpaired) electrons. The van der Waals surface area contributed by atoms with E-state index in [0.717, 1.165) is 16.8 Å². The summed E-state index contributed by atoms with van der Waals surface area (Å²) in [4.78, 5) is 8.43. The van der Waals surface area contributed by atoms with Gasteiger partial charge in [-0.25, -0.2) is 18.1 Å². The van der Waals surface area contributed by atoms with Crippen LogP contribution < -0.4 is 10.6 Å². The van der Waals surface area contributed by atoms with Crippen molar-refractivity contribution in [1.29, 1.82) is 0 Å². The van der Waals surface area contributed by atoms with Crippen LogP contribution in [0.4, 0.5) is 20.7 Å². The van der Waals surface area contributed by atoms with E-state index in [4.69, 9.17) is 46.4 Å². The van der Waals surface area contributed by atoms with Crippen molar-refractivity contribution in [3.63, 3.8) is 0 Å². The van der Waals surface area contributed by atoms with Gasteiger partial charge in [0.15, 0.2) is 0 Å². The molecular weight excluding hydrogens is 700 g/mol. The Hall–Kier alpha value is -4.48. The van der Waals surface area contributed by atoms with Gasteiger partial charge in [0.2, 0.25) is 11.9 Å². The van der Waals surface area contributed by atoms with Crippen LogP contribution in [-0.4, -0.2) is 29.5 Å². The van der Waals surface area contributed by atoms with Crippen LogP contribution in [0.5, 0.6) is 0 Å². The molecule has 0 amide bonds. The van der Waals surface area contributed by atoms with Gasteiger partial charge in [0.25, 0.3) is 0 Å². The van der Waals surface area contributed by atoms with Gasteiger partial charge in [-0.05, 0) is 72.2 Å². The van der Waals surface area contributed by atoms with E-state index in [1.165, 1.54) is 24.8 Å². The lowest BCUT2D eigenvalue weighted by atomic mass is 9.93. The molecule has 0 saturated carbocycles. The summed E-state index contributed by atoms with van der Waals surface area (Å²) in [5.74, 6) is 0.380. The van der Waals surface area contributed by atoms with Gasteiger partial charge < -0.3 is 10.6 Å². The third-order valence-corrected chi connectivity index (χ3v) is 9.26. The molecule has 8 rings (SSSR count). The number of hydrogen-bond acceptors (Lipinski definition) is 6. The van der Waals surface area contributed by atoms with Crippen LogP contribution in [0.1, 0.15) is 46.8 Å². The largest absolute Gasteiger partial charge is 0.348 e. The van der Waals surface area contributed by atoms with Crippen molar-refractivity contribution >= 4 is 64.0 Å². The molecule has 2 aliphatic rings. The van der Waals surface area contributed by atoms with E-state index in [1.807, 2.05) is 42.5 Å². The molecule has 1 unspecified atom stereocenters. The van der Waals surface area contributed by atoms with Gasteiger partial charge in [0, 0.05) is 36.9 Å². The van der Waals surface area contributed by atoms with E-state index in [9.17, 15) is 8.78 Å². The number of allylic oxidation sites excluding steroid dienone is 1. The molecule has 2 aromatic heterocycles. The predicted octanol–water partition coefficient (Wildman–Crippen LogP) is 9.65. The number of hydrogen-bond donors (Lipinski definition) is 2. The number of anilines is 2. The first kappa shape index (κ1) is 32.1. The van der Waals surface area contributed by atoms with Crippen LogP contribution in [0.3, 0.4) is 0 Å². The molecule has 4 aromatic carbocycles. The van der Waals surface area contributed by atoms with Crippen molar-refractivity contribution in [3.8, 4) is 0 Å². The van der Waals surface area contributed by atoms with Gasteiger partial charge >= 0.3 is 0 Å². The summed E-state index contributed by atoms with van der Waals surface area (Å²) in [7, 11) is 0. The summed E-state index contributed by atoms with van der Waals surface area (Å²) in [6, 6.07) is 23.4. The van der Waals surface area contributed by atoms with Gasteiger partial charge in [-0.1, -0.05) is 82.8 Å². The molecule has 0 spiro atoms. The molecule has 2 N–H and O–H groups in total. The second kappa shape index (κ2) is 13.6. The maximum atomic E-state index is 14.4. The summed E-state index contributed by atoms with van der Waals surface area (Å²) in [5, 5.41) is 17.0. The number of rotatable bonds is 4. The van der Waals surface area contributed by atoms with Crippen molar-refractivity contribution in [1.82, 2.24) is 29.5 Å². The maximum Gasteiger partial charge on any atom is 0.226 e. The molecule has 242 valence electrons. The molecule has 8 nitrogen and oxygen atoms in total. The first-order chi connectivity index (χ1) is 23.3. The van der Waals surface area contributed by atoms with Crippen molar-refractivity contribution in [3.05, 3.63) is 158 Å². The summed E-state index contributed by atoms with van der Waals surface area (Å²) < 4.78 is 32.1. The Morgan fingerprint density at radius 3 is 1.90 bits per heavy atom. The molecule has 0 saturated heterocycles. The van der Waals surface area contributed by atoms with Gasteiger partial charge in [-0.15, -0.1) is 0 Å². The van der Waals surface area contributed by atoms with E-state index in [2.05, 4.69) is 30.8 Å². The zero-order valence-electron chi connectivity index (χ0n) is 24.7. The molecule has 14 heteroatoms. The lowest BCUT2D eigenvalue weighted by Crippen LogP contribution is -2.28. The number of aromatic nitrogens is 6. The lowest BCUT2D eigenvalue weighted by Gasteiger charge is -2.32. The SMILES string of the molecule is Fc1cccc(Cl)c1C1C=C(c2ccc(Cl)cc2)Nc2ncnn21.Fc1cccc(Cl)c1[C@@H]1C[C@H](c2ccc(Cl)cc2)Nc2ncnn21. The van der Waals surface area contributed by atoms with Crippen molar-refractivity contribution in [2.75, 3.05) is 10.6 Å². The standard InChI is InChI=1S/C17H13Cl2FN4.C17H11Cl2FN4/c2*18-11-6-4-10(5-7-11)14-8-15(24-17(23-14)21-9-22-24)16-12(19)2-1-3-13(16)20/h1-7,9,14-15H,8H2,(H,21,22,23);1-9,15H,(H,21,22,23)/t14-,15+;/m1./s1. The van der Waals surface area contributed by atoms with Crippen LogP contribution in [0.25, 0.3) is 5.70 Å². The Labute approximate surface area is 294 Å². The summed E-state index contributed by atoms with van der Waals surface area (Å²) >= 11 is 24.4. The average molecular weight is 724 g/mol. The highest BCUT2D eigenvalue weighted by Crippen LogP contribution is 2.41. The monoisotopic (exact) mass is 722 g/mol. The van der Waals surface area contributed by atoms with Gasteiger partial charge in [0.05, 0.1) is 12.1 Å². The second-order valence-electron chi connectivity index (χ2n) is 11.0. The maximum absolute atomic E-state index is 14.4. The topological polar surface area (TPSA) is 85.5 Å². The summed E-state index contributed by atoms with van der Waals surface area (Å²) in [5.41, 5.74) is 3.54. The summed E-state index contributed by atoms with van der Waals surface area (Å²) in [6.07, 6.45) is 5.34. The molecular formula is C34H24Cl4F2N8. The number of nitrogens with one attached hydrogen (secondary N) is 2. The third kappa shape index (κ3) is 6.36. The Morgan fingerprint density at radius 2 is 1.25 bits per heavy atom. The van der Waals surface area contributed by atoms with E-state index in [1.54, 1.807) is 45.8 Å². The highest BCUT2D eigenvalue weighted by atomic mass is 35.5. The van der Waals surface area contributed by atoms with Crippen LogP contribution in [0.15, 0.2) is 104 Å². The van der Waals surface area contributed by atoms with E-state index >= 15 is 0 Å². The fourth-order valence-corrected chi connectivity index (χ4v) is 6.65. The normalized spacial score (nSPS) is 18.0. The third-order valence-electron chi connectivity index (χ3n) is 8.09. The molecule has 6 aromatic rings. The Morgan fingerprint density at radius 1 is 0.667 bits per heavy atom. The average Bonchev–Trinajstić information content (AvgIpc) is 3.76. The van der Waals surface area contributed by atoms with Gasteiger partial charge in [-0.3, -0.25) is 0 Å². The van der Waals surface area contributed by atoms with Crippen LogP contribution >= 0.6 is 46.4 Å². The number of benzene rings is 4. The van der Waals surface area contributed by atoms with Crippen LogP contribution in [0, 0.1) is 11.6 Å². The molecule has 0 aliphatic carbocycles. The number of fused-ring (bicyclic) bond motifs is 2. The zero-order valence-corrected chi connectivity index (χ0v) is 27.7. The first-order valence-electron chi connectivity index (χ1n) is 14.7. The fourth-order valence-electron chi connectivity index (χ4n) is 5.83. The van der Waals surface area contributed by atoms with E-state index in [0.29, 0.717) is 49.5 Å². The lowest BCUT2D eigenvalue weighted by molar-refractivity contribution is 0.416. The van der Waals surface area contributed by atoms with Crippen molar-refractivity contribution < 1.29 is 8.78 Å². The van der Waals surface area contributed by atoms with E-state index < -0.39 is 6.04 Å². The molecule has 0 fully saturated rings. The number of nitrogens with zero attached hydrogens (tertiary/aromatic N) is 6. The Kier molecular flexibility index (Phi) is 9.07. The minimum Gasteiger partial charge on any atom is -0.348 e. The van der Waals surface area contributed by atoms with Crippen molar-refractivity contribution in [2.24, 2.45) is 0 Å². The molecule has 0 bridgehead atoms. The molecule has 4 heterocycles. The second-order valence-corrected chi connectivity index (χ2v) is 12.7. The minimum atomic E-state index is -0.497. The predicted molar refractivity (Wildman–Crippen MR) is 185 cm³/mol. The Balaban J connectivity index is 0.000000152. The Bertz CT molecular complexity index is 2070. The highest BCUT2D eigenvalue weighted by Gasteiger charge is 2.33. The molecule has 48 heavy (non-hydrogen) atoms. The number of halogens is 6. The minimum absolute atomic E-state index is 0.0420. The quantitative estimate of drug-likeness (QED) is 0.188. The first-order valence-corrected chi connectivity index (χ1v) is 16.2. The fraction of sp³-hybridized carbons (Fsp3) is 0.118. The zero-order chi connectivity index (χ0) is 33.4. The summed E-state index contributed by atoms with van der Waals surface area (Å²) in [6.45, 7) is 0. The van der Waals surface area contributed by atoms with Crippen molar-refractivity contribution in [2.45, 2.75) is 24.5 Å². The molecule has 3 atom stereocenters. The van der Waals surface area contributed by atoms with Gasteiger partial charge in [0.1, 0.15) is 30.3 Å².